The lowest BCUT2D eigenvalue weighted by molar-refractivity contribution is 0.109. The van der Waals surface area contributed by atoms with Crippen LogP contribution in [0.1, 0.15) is 50.4 Å². The van der Waals surface area contributed by atoms with Gasteiger partial charge in [0.05, 0.1) is 24.7 Å². The Morgan fingerprint density at radius 3 is 2.59 bits per heavy atom. The molecule has 5 heterocycles. The number of nitrogens with zero attached hydrogens (tertiary/aromatic N) is 5. The molecule has 5 rings (SSSR count). The minimum Gasteiger partial charge on any atom is -0.373 e. The third-order valence-electron chi connectivity index (χ3n) is 7.14. The summed E-state index contributed by atoms with van der Waals surface area (Å²) in [6.45, 7) is 4.79. The number of nitrogens with one attached hydrogen (secondary N) is 2. The number of hydrogen-bond donors (Lipinski definition) is 2. The highest BCUT2D eigenvalue weighted by Crippen LogP contribution is 2.38. The van der Waals surface area contributed by atoms with E-state index in [-0.39, 0.29) is 23.9 Å². The lowest BCUT2D eigenvalue weighted by Gasteiger charge is -2.49. The fourth-order valence-corrected chi connectivity index (χ4v) is 6.98. The number of ether oxygens (including phenoxy) is 1. The normalized spacial score (nSPS) is 25.3. The Hall–Kier alpha value is -2.50. The molecule has 2 aromatic rings. The molecule has 2 aromatic heterocycles. The van der Waals surface area contributed by atoms with E-state index in [2.05, 4.69) is 20.4 Å². The van der Waals surface area contributed by atoms with E-state index in [1.54, 1.807) is 6.92 Å². The minimum absolute atomic E-state index is 0.0450. The molecule has 0 radical (unpaired) electrons. The summed E-state index contributed by atoms with van der Waals surface area (Å²) in [4.78, 5) is 11.8. The van der Waals surface area contributed by atoms with Crippen LogP contribution < -0.4 is 10.2 Å². The highest BCUT2D eigenvalue weighted by Gasteiger charge is 2.45. The molecule has 10 nitrogen and oxygen atoms in total. The quantitative estimate of drug-likeness (QED) is 0.612. The van der Waals surface area contributed by atoms with Gasteiger partial charge in [-0.1, -0.05) is 12.5 Å². The van der Waals surface area contributed by atoms with Crippen molar-refractivity contribution in [3.05, 3.63) is 29.6 Å². The van der Waals surface area contributed by atoms with E-state index in [9.17, 15) is 8.42 Å². The van der Waals surface area contributed by atoms with E-state index in [1.165, 1.54) is 0 Å². The molecular formula is C23H33N7O3S. The summed E-state index contributed by atoms with van der Waals surface area (Å²) in [5.41, 5.74) is 2.83. The monoisotopic (exact) mass is 487 g/mol. The maximum absolute atomic E-state index is 12.8. The van der Waals surface area contributed by atoms with E-state index >= 15 is 0 Å². The van der Waals surface area contributed by atoms with Crippen LogP contribution in [0.4, 0.5) is 17.6 Å². The number of aryl methyl sites for hydroxylation is 1. The van der Waals surface area contributed by atoms with Gasteiger partial charge in [0.2, 0.25) is 16.0 Å². The maximum Gasteiger partial charge on any atom is 0.227 e. The molecule has 0 saturated carbocycles. The molecule has 34 heavy (non-hydrogen) atoms. The Labute approximate surface area is 200 Å². The lowest BCUT2D eigenvalue weighted by atomic mass is 9.83. The van der Waals surface area contributed by atoms with E-state index in [4.69, 9.17) is 14.7 Å². The van der Waals surface area contributed by atoms with E-state index in [0.29, 0.717) is 30.8 Å². The second-order valence-electron chi connectivity index (χ2n) is 9.45. The molecule has 0 unspecified atom stereocenters. The smallest absolute Gasteiger partial charge is 0.227 e. The summed E-state index contributed by atoms with van der Waals surface area (Å²) < 4.78 is 32.9. The topological polar surface area (TPSA) is 116 Å². The summed E-state index contributed by atoms with van der Waals surface area (Å²) in [5.74, 6) is 2.14. The molecule has 2 fully saturated rings. The van der Waals surface area contributed by atoms with Crippen molar-refractivity contribution in [2.75, 3.05) is 36.2 Å². The Balaban J connectivity index is 1.43. The van der Waals surface area contributed by atoms with Crippen molar-refractivity contribution in [2.24, 2.45) is 0 Å². The van der Waals surface area contributed by atoms with Crippen molar-refractivity contribution in [2.45, 2.75) is 64.1 Å². The molecule has 2 saturated heterocycles. The van der Waals surface area contributed by atoms with Gasteiger partial charge in [-0.25, -0.2) is 13.4 Å². The molecule has 0 aromatic carbocycles. The van der Waals surface area contributed by atoms with Crippen molar-refractivity contribution in [1.29, 1.82) is 0 Å². The average molecular weight is 488 g/mol. The standard InChI is InChI=1S/C23H33N7O3S/c1-4-34(31,32)30-17-6-5-7-18(30)12-19(11-17)29(3)23-24-20(16-8-9-33-14-16)13-21(26-23)25-22-10-15(2)27-28-22/h8,10,13,17-19H,4-7,9,11-12,14H2,1-3H3,(H2,24,25,26,27,28)/t17-,18+,19+. The number of H-pyrrole nitrogens is 1. The zero-order valence-corrected chi connectivity index (χ0v) is 20.8. The van der Waals surface area contributed by atoms with Crippen LogP contribution >= 0.6 is 0 Å². The highest BCUT2D eigenvalue weighted by atomic mass is 32.2. The third-order valence-corrected chi connectivity index (χ3v) is 9.11. The summed E-state index contributed by atoms with van der Waals surface area (Å²) in [5, 5.41) is 10.5. The Bertz CT molecular complexity index is 1160. The van der Waals surface area contributed by atoms with Crippen LogP contribution in [0, 0.1) is 6.92 Å². The predicted octanol–water partition coefficient (Wildman–Crippen LogP) is 2.84. The minimum atomic E-state index is -3.21. The van der Waals surface area contributed by atoms with Crippen LogP contribution in [0.3, 0.4) is 0 Å². The Morgan fingerprint density at radius 1 is 1.21 bits per heavy atom. The molecule has 3 atom stereocenters. The van der Waals surface area contributed by atoms with Gasteiger partial charge in [0.15, 0.2) is 5.82 Å². The zero-order valence-electron chi connectivity index (χ0n) is 20.0. The van der Waals surface area contributed by atoms with Gasteiger partial charge >= 0.3 is 0 Å². The first-order chi connectivity index (χ1) is 16.3. The summed E-state index contributed by atoms with van der Waals surface area (Å²) in [6.07, 6.45) is 6.53. The zero-order chi connectivity index (χ0) is 23.9. The van der Waals surface area contributed by atoms with Gasteiger partial charge in [-0.2, -0.15) is 14.4 Å². The molecule has 2 bridgehead atoms. The maximum atomic E-state index is 12.8. The van der Waals surface area contributed by atoms with Crippen LogP contribution in [0.2, 0.25) is 0 Å². The van der Waals surface area contributed by atoms with Crippen LogP contribution in [0.5, 0.6) is 0 Å². The van der Waals surface area contributed by atoms with Crippen LogP contribution in [0.15, 0.2) is 18.2 Å². The Kier molecular flexibility index (Phi) is 6.34. The second kappa shape index (κ2) is 9.27. The second-order valence-corrected chi connectivity index (χ2v) is 11.6. The third kappa shape index (κ3) is 4.56. The first kappa shape index (κ1) is 23.3. The lowest BCUT2D eigenvalue weighted by Crippen LogP contribution is -2.58. The van der Waals surface area contributed by atoms with Crippen molar-refractivity contribution >= 4 is 33.2 Å². The van der Waals surface area contributed by atoms with Crippen LogP contribution in [-0.2, 0) is 14.8 Å². The van der Waals surface area contributed by atoms with Crippen molar-refractivity contribution in [3.8, 4) is 0 Å². The van der Waals surface area contributed by atoms with E-state index in [1.807, 2.05) is 36.5 Å². The number of hydrogen-bond acceptors (Lipinski definition) is 8. The molecule has 0 amide bonds. The summed E-state index contributed by atoms with van der Waals surface area (Å²) >= 11 is 0. The first-order valence-electron chi connectivity index (χ1n) is 12.0. The van der Waals surface area contributed by atoms with Crippen molar-refractivity contribution in [1.82, 2.24) is 24.5 Å². The molecule has 2 N–H and O–H groups in total. The van der Waals surface area contributed by atoms with Gasteiger partial charge in [-0.3, -0.25) is 5.10 Å². The van der Waals surface area contributed by atoms with Gasteiger partial charge in [0, 0.05) is 48.6 Å². The molecule has 3 aliphatic heterocycles. The van der Waals surface area contributed by atoms with Crippen molar-refractivity contribution in [3.63, 3.8) is 0 Å². The number of anilines is 3. The predicted molar refractivity (Wildman–Crippen MR) is 132 cm³/mol. The SMILES string of the molecule is CCS(=O)(=O)N1[C@@H]2CCC[C@H]1C[C@@H](N(C)c1nc(Nc3cc(C)[nH]n3)cc(C3=CCOC3)n1)C2. The van der Waals surface area contributed by atoms with Gasteiger partial charge in [0.1, 0.15) is 5.82 Å². The molecule has 184 valence electrons. The molecule has 11 heteroatoms. The Morgan fingerprint density at radius 2 is 1.97 bits per heavy atom. The van der Waals surface area contributed by atoms with Gasteiger partial charge in [-0.15, -0.1) is 0 Å². The number of sulfonamides is 1. The van der Waals surface area contributed by atoms with Gasteiger partial charge < -0.3 is 15.0 Å². The molecular weight excluding hydrogens is 454 g/mol. The average Bonchev–Trinajstić information content (AvgIpc) is 3.49. The number of aromatic amines is 1. The fourth-order valence-electron chi connectivity index (χ4n) is 5.39. The van der Waals surface area contributed by atoms with Gasteiger partial charge in [-0.05, 0) is 39.5 Å². The van der Waals surface area contributed by atoms with Gasteiger partial charge in [0.25, 0.3) is 0 Å². The molecule has 0 spiro atoms. The van der Waals surface area contributed by atoms with Crippen molar-refractivity contribution < 1.29 is 13.2 Å². The van der Waals surface area contributed by atoms with E-state index < -0.39 is 10.0 Å². The van der Waals surface area contributed by atoms with Crippen LogP contribution in [-0.4, -0.2) is 77.0 Å². The summed E-state index contributed by atoms with van der Waals surface area (Å²) in [7, 11) is -1.19. The first-order valence-corrected chi connectivity index (χ1v) is 13.6. The largest absolute Gasteiger partial charge is 0.373 e. The number of rotatable bonds is 7. The fraction of sp³-hybridized carbons (Fsp3) is 0.609. The number of fused-ring (bicyclic) bond motifs is 2. The highest BCUT2D eigenvalue weighted by molar-refractivity contribution is 7.89. The number of aromatic nitrogens is 4. The number of piperidine rings is 2. The molecule has 3 aliphatic rings. The summed E-state index contributed by atoms with van der Waals surface area (Å²) in [6, 6.07) is 4.11. The van der Waals surface area contributed by atoms with E-state index in [0.717, 1.165) is 49.1 Å². The molecule has 0 aliphatic carbocycles. The van der Waals surface area contributed by atoms with Crippen LogP contribution in [0.25, 0.3) is 5.57 Å².